The molecule has 0 spiro atoms. The van der Waals surface area contributed by atoms with Crippen molar-refractivity contribution >= 4 is 12.4 Å². The van der Waals surface area contributed by atoms with Crippen molar-refractivity contribution < 1.29 is 9.47 Å². The van der Waals surface area contributed by atoms with Gasteiger partial charge in [0.05, 0.1) is 6.61 Å². The first-order valence-corrected chi connectivity index (χ1v) is 8.16. The zero-order valence-corrected chi connectivity index (χ0v) is 14.9. The largest absolute Gasteiger partial charge is 0.490 e. The van der Waals surface area contributed by atoms with Crippen molar-refractivity contribution in [3.05, 3.63) is 36.9 Å². The van der Waals surface area contributed by atoms with Crippen LogP contribution in [-0.2, 0) is 0 Å². The third-order valence-corrected chi connectivity index (χ3v) is 3.93. The SMILES string of the molecule is C=CCOc1ccccc1OCCCCN1CCN(C)CC1.Cl. The van der Waals surface area contributed by atoms with Crippen molar-refractivity contribution in [3.63, 3.8) is 0 Å². The quantitative estimate of drug-likeness (QED) is 0.509. The Labute approximate surface area is 146 Å². The summed E-state index contributed by atoms with van der Waals surface area (Å²) in [5.74, 6) is 1.62. The van der Waals surface area contributed by atoms with E-state index in [9.17, 15) is 0 Å². The lowest BCUT2D eigenvalue weighted by Crippen LogP contribution is -2.44. The van der Waals surface area contributed by atoms with E-state index in [1.165, 1.54) is 39.1 Å². The maximum atomic E-state index is 5.85. The summed E-state index contributed by atoms with van der Waals surface area (Å²) < 4.78 is 11.4. The molecule has 0 N–H and O–H groups in total. The van der Waals surface area contributed by atoms with Crippen molar-refractivity contribution in [1.29, 1.82) is 0 Å². The molecule has 1 saturated heterocycles. The highest BCUT2D eigenvalue weighted by molar-refractivity contribution is 5.85. The number of hydrogen-bond donors (Lipinski definition) is 0. The number of hydrogen-bond acceptors (Lipinski definition) is 4. The topological polar surface area (TPSA) is 24.9 Å². The summed E-state index contributed by atoms with van der Waals surface area (Å²) in [7, 11) is 2.19. The Balaban J connectivity index is 0.00000264. The minimum atomic E-state index is 0. The van der Waals surface area contributed by atoms with Crippen molar-refractivity contribution in [1.82, 2.24) is 9.80 Å². The number of likely N-dealkylation sites (N-methyl/N-ethyl adjacent to an activating group) is 1. The van der Waals surface area contributed by atoms with Gasteiger partial charge in [-0.3, -0.25) is 0 Å². The lowest BCUT2D eigenvalue weighted by atomic mass is 10.2. The van der Waals surface area contributed by atoms with Gasteiger partial charge in [0, 0.05) is 26.2 Å². The van der Waals surface area contributed by atoms with E-state index in [-0.39, 0.29) is 12.4 Å². The first-order valence-electron chi connectivity index (χ1n) is 8.16. The maximum absolute atomic E-state index is 5.85. The van der Waals surface area contributed by atoms with E-state index in [0.717, 1.165) is 24.5 Å². The molecule has 0 amide bonds. The van der Waals surface area contributed by atoms with Gasteiger partial charge < -0.3 is 19.3 Å². The van der Waals surface area contributed by atoms with E-state index in [2.05, 4.69) is 23.4 Å². The van der Waals surface area contributed by atoms with E-state index in [1.54, 1.807) is 6.08 Å². The van der Waals surface area contributed by atoms with Crippen LogP contribution in [0.3, 0.4) is 0 Å². The Morgan fingerprint density at radius 2 is 1.70 bits per heavy atom. The van der Waals surface area contributed by atoms with Crippen LogP contribution >= 0.6 is 12.4 Å². The van der Waals surface area contributed by atoms with Crippen LogP contribution in [0.25, 0.3) is 0 Å². The summed E-state index contributed by atoms with van der Waals surface area (Å²) >= 11 is 0. The molecule has 4 nitrogen and oxygen atoms in total. The van der Waals surface area contributed by atoms with Gasteiger partial charge in [0.15, 0.2) is 11.5 Å². The number of halogens is 1. The van der Waals surface area contributed by atoms with Gasteiger partial charge in [-0.25, -0.2) is 0 Å². The first-order chi connectivity index (χ1) is 10.8. The fourth-order valence-electron chi connectivity index (χ4n) is 2.53. The maximum Gasteiger partial charge on any atom is 0.161 e. The molecule has 0 radical (unpaired) electrons. The number of benzene rings is 1. The zero-order valence-electron chi connectivity index (χ0n) is 14.1. The molecule has 0 atom stereocenters. The molecular formula is C18H29ClN2O2. The van der Waals surface area contributed by atoms with Crippen LogP contribution in [0.1, 0.15) is 12.8 Å². The predicted molar refractivity (Wildman–Crippen MR) is 98.0 cm³/mol. The molecular weight excluding hydrogens is 312 g/mol. The normalized spacial score (nSPS) is 15.7. The molecule has 1 aliphatic heterocycles. The zero-order chi connectivity index (χ0) is 15.6. The summed E-state index contributed by atoms with van der Waals surface area (Å²) in [4.78, 5) is 4.93. The molecule has 2 rings (SSSR count). The number of piperazine rings is 1. The number of unbranched alkanes of at least 4 members (excludes halogenated alkanes) is 1. The van der Waals surface area contributed by atoms with E-state index >= 15 is 0 Å². The molecule has 0 aromatic heterocycles. The van der Waals surface area contributed by atoms with Crippen LogP contribution in [0.4, 0.5) is 0 Å². The Kier molecular flexibility index (Phi) is 9.76. The van der Waals surface area contributed by atoms with E-state index in [0.29, 0.717) is 6.61 Å². The summed E-state index contributed by atoms with van der Waals surface area (Å²) in [6, 6.07) is 7.82. The summed E-state index contributed by atoms with van der Waals surface area (Å²) in [5, 5.41) is 0. The Morgan fingerprint density at radius 1 is 1.04 bits per heavy atom. The van der Waals surface area contributed by atoms with Gasteiger partial charge in [-0.2, -0.15) is 0 Å². The Hall–Kier alpha value is -1.23. The van der Waals surface area contributed by atoms with Crippen LogP contribution in [0.15, 0.2) is 36.9 Å². The molecule has 1 fully saturated rings. The third kappa shape index (κ3) is 7.25. The monoisotopic (exact) mass is 340 g/mol. The minimum Gasteiger partial charge on any atom is -0.490 e. The molecule has 130 valence electrons. The van der Waals surface area contributed by atoms with Gasteiger partial charge in [0.25, 0.3) is 0 Å². The van der Waals surface area contributed by atoms with Crippen molar-refractivity contribution in [2.75, 3.05) is 53.0 Å². The van der Waals surface area contributed by atoms with Gasteiger partial charge in [-0.05, 0) is 38.6 Å². The van der Waals surface area contributed by atoms with Gasteiger partial charge in [-0.1, -0.05) is 24.8 Å². The van der Waals surface area contributed by atoms with Crippen molar-refractivity contribution in [2.45, 2.75) is 12.8 Å². The van der Waals surface area contributed by atoms with Crippen molar-refractivity contribution in [3.8, 4) is 11.5 Å². The number of ether oxygens (including phenoxy) is 2. The van der Waals surface area contributed by atoms with Crippen molar-refractivity contribution in [2.24, 2.45) is 0 Å². The number of nitrogens with zero attached hydrogens (tertiary/aromatic N) is 2. The smallest absolute Gasteiger partial charge is 0.161 e. The molecule has 0 bridgehead atoms. The molecule has 0 saturated carbocycles. The molecule has 5 heteroatoms. The van der Waals surface area contributed by atoms with Crippen LogP contribution in [0.2, 0.25) is 0 Å². The highest BCUT2D eigenvalue weighted by Crippen LogP contribution is 2.26. The Bertz CT molecular complexity index is 448. The molecule has 0 unspecified atom stereocenters. The van der Waals surface area contributed by atoms with E-state index in [4.69, 9.17) is 9.47 Å². The lowest BCUT2D eigenvalue weighted by molar-refractivity contribution is 0.149. The average Bonchev–Trinajstić information content (AvgIpc) is 2.55. The van der Waals surface area contributed by atoms with Crippen LogP contribution < -0.4 is 9.47 Å². The molecule has 1 aromatic rings. The summed E-state index contributed by atoms with van der Waals surface area (Å²) in [6.07, 6.45) is 3.99. The van der Waals surface area contributed by atoms with Crippen LogP contribution in [0, 0.1) is 0 Å². The van der Waals surface area contributed by atoms with Crippen LogP contribution in [-0.4, -0.2) is 62.8 Å². The lowest BCUT2D eigenvalue weighted by Gasteiger charge is -2.32. The fourth-order valence-corrected chi connectivity index (χ4v) is 2.53. The van der Waals surface area contributed by atoms with Gasteiger partial charge in [-0.15, -0.1) is 12.4 Å². The number of rotatable bonds is 9. The summed E-state index contributed by atoms with van der Waals surface area (Å²) in [6.45, 7) is 10.8. The average molecular weight is 341 g/mol. The molecule has 1 aliphatic rings. The predicted octanol–water partition coefficient (Wildman–Crippen LogP) is 3.08. The Morgan fingerprint density at radius 3 is 2.35 bits per heavy atom. The highest BCUT2D eigenvalue weighted by atomic mass is 35.5. The fraction of sp³-hybridized carbons (Fsp3) is 0.556. The van der Waals surface area contributed by atoms with Crippen LogP contribution in [0.5, 0.6) is 11.5 Å². The molecule has 0 aliphatic carbocycles. The molecule has 1 aromatic carbocycles. The standard InChI is InChI=1S/C18H28N2O2.ClH/c1-3-15-21-17-8-4-5-9-18(17)22-16-7-6-10-20-13-11-19(2)12-14-20;/h3-5,8-9H,1,6-7,10-16H2,2H3;1H. The first kappa shape index (κ1) is 19.8. The van der Waals surface area contributed by atoms with E-state index in [1.807, 2.05) is 24.3 Å². The highest BCUT2D eigenvalue weighted by Gasteiger charge is 2.12. The number of para-hydroxylation sites is 2. The third-order valence-electron chi connectivity index (χ3n) is 3.93. The van der Waals surface area contributed by atoms with E-state index < -0.39 is 0 Å². The van der Waals surface area contributed by atoms with Gasteiger partial charge in [0.2, 0.25) is 0 Å². The second-order valence-corrected chi connectivity index (χ2v) is 5.75. The second kappa shape index (κ2) is 11.3. The second-order valence-electron chi connectivity index (χ2n) is 5.75. The molecule has 23 heavy (non-hydrogen) atoms. The molecule has 1 heterocycles. The minimum absolute atomic E-state index is 0. The summed E-state index contributed by atoms with van der Waals surface area (Å²) in [5.41, 5.74) is 0. The van der Waals surface area contributed by atoms with Gasteiger partial charge >= 0.3 is 0 Å². The van der Waals surface area contributed by atoms with Gasteiger partial charge in [0.1, 0.15) is 6.61 Å².